The summed E-state index contributed by atoms with van der Waals surface area (Å²) in [7, 11) is 0. The van der Waals surface area contributed by atoms with Gasteiger partial charge < -0.3 is 14.4 Å². The summed E-state index contributed by atoms with van der Waals surface area (Å²) in [5.74, 6) is 1.28. The molecule has 1 aromatic carbocycles. The molecular formula is C15H16N4O3. The normalized spacial score (nSPS) is 23.5. The molecule has 0 aliphatic carbocycles. The number of carbonyl (C=O) groups is 1. The second kappa shape index (κ2) is 5.32. The number of likely N-dealkylation sites (tertiary alicyclic amines) is 1. The molecule has 0 radical (unpaired) electrons. The third-order valence-corrected chi connectivity index (χ3v) is 4.07. The molecule has 114 valence electrons. The first-order chi connectivity index (χ1) is 10.8. The van der Waals surface area contributed by atoms with Gasteiger partial charge in [-0.1, -0.05) is 17.3 Å². The van der Waals surface area contributed by atoms with E-state index in [9.17, 15) is 4.79 Å². The predicted octanol–water partition coefficient (Wildman–Crippen LogP) is 0.891. The molecule has 2 aliphatic rings. The Kier molecular flexibility index (Phi) is 3.17. The molecule has 0 spiro atoms. The zero-order valence-corrected chi connectivity index (χ0v) is 12.0. The third kappa shape index (κ3) is 2.28. The fourth-order valence-corrected chi connectivity index (χ4v) is 2.91. The van der Waals surface area contributed by atoms with Crippen molar-refractivity contribution in [3.05, 3.63) is 36.7 Å². The highest BCUT2D eigenvalue weighted by Crippen LogP contribution is 2.32. The summed E-state index contributed by atoms with van der Waals surface area (Å²) in [6.07, 6.45) is 3.78. The standard InChI is InChI=1S/C15H16N4O3/c20-15(14-10-21-12-3-1-2-4-13(12)22-14)18-7-5-11(9-18)19-8-6-16-17-19/h1-4,6,8,11,14H,5,7,9-10H2/t11-,14+/m0/s1. The molecule has 0 unspecified atom stereocenters. The minimum atomic E-state index is -0.579. The molecule has 7 nitrogen and oxygen atoms in total. The van der Waals surface area contributed by atoms with Crippen LogP contribution in [-0.4, -0.2) is 51.6 Å². The Morgan fingerprint density at radius 2 is 2.14 bits per heavy atom. The van der Waals surface area contributed by atoms with Crippen LogP contribution >= 0.6 is 0 Å². The van der Waals surface area contributed by atoms with Gasteiger partial charge in [-0.25, -0.2) is 4.68 Å². The number of aromatic nitrogens is 3. The van der Waals surface area contributed by atoms with Gasteiger partial charge in [0.1, 0.15) is 6.61 Å². The smallest absolute Gasteiger partial charge is 0.267 e. The van der Waals surface area contributed by atoms with Crippen molar-refractivity contribution in [2.45, 2.75) is 18.6 Å². The molecule has 3 heterocycles. The first-order valence-corrected chi connectivity index (χ1v) is 7.34. The highest BCUT2D eigenvalue weighted by Gasteiger charge is 2.35. The Labute approximate surface area is 127 Å². The third-order valence-electron chi connectivity index (χ3n) is 4.07. The fourth-order valence-electron chi connectivity index (χ4n) is 2.91. The van der Waals surface area contributed by atoms with Gasteiger partial charge in [-0.15, -0.1) is 5.10 Å². The second-order valence-electron chi connectivity index (χ2n) is 5.47. The summed E-state index contributed by atoms with van der Waals surface area (Å²) in [5, 5.41) is 7.82. The van der Waals surface area contributed by atoms with Crippen molar-refractivity contribution in [3.8, 4) is 11.5 Å². The van der Waals surface area contributed by atoms with E-state index in [1.165, 1.54) is 0 Å². The molecule has 0 N–H and O–H groups in total. The van der Waals surface area contributed by atoms with Crippen LogP contribution in [0.15, 0.2) is 36.7 Å². The average Bonchev–Trinajstić information content (AvgIpc) is 3.24. The first-order valence-electron chi connectivity index (χ1n) is 7.34. The lowest BCUT2D eigenvalue weighted by atomic mass is 10.2. The van der Waals surface area contributed by atoms with Crippen LogP contribution in [0.3, 0.4) is 0 Å². The number of rotatable bonds is 2. The van der Waals surface area contributed by atoms with E-state index >= 15 is 0 Å². The number of hydrogen-bond donors (Lipinski definition) is 0. The van der Waals surface area contributed by atoms with Gasteiger partial charge in [0.15, 0.2) is 11.5 Å². The van der Waals surface area contributed by atoms with Crippen molar-refractivity contribution >= 4 is 5.91 Å². The number of para-hydroxylation sites is 2. The highest BCUT2D eigenvalue weighted by molar-refractivity contribution is 5.82. The Morgan fingerprint density at radius 3 is 2.95 bits per heavy atom. The minimum absolute atomic E-state index is 0.0304. The predicted molar refractivity (Wildman–Crippen MR) is 76.6 cm³/mol. The molecule has 1 fully saturated rings. The van der Waals surface area contributed by atoms with Crippen LogP contribution in [-0.2, 0) is 4.79 Å². The van der Waals surface area contributed by atoms with Crippen molar-refractivity contribution in [2.24, 2.45) is 0 Å². The van der Waals surface area contributed by atoms with E-state index in [0.29, 0.717) is 24.6 Å². The molecule has 0 saturated carbocycles. The largest absolute Gasteiger partial charge is 0.485 e. The molecular weight excluding hydrogens is 284 g/mol. The zero-order chi connectivity index (χ0) is 14.9. The summed E-state index contributed by atoms with van der Waals surface area (Å²) < 4.78 is 13.2. The summed E-state index contributed by atoms with van der Waals surface area (Å²) in [6.45, 7) is 1.58. The lowest BCUT2D eigenvalue weighted by Gasteiger charge is -2.28. The number of benzene rings is 1. The number of hydrogen-bond acceptors (Lipinski definition) is 5. The van der Waals surface area contributed by atoms with E-state index in [0.717, 1.165) is 6.42 Å². The number of amides is 1. The molecule has 7 heteroatoms. The molecule has 22 heavy (non-hydrogen) atoms. The molecule has 4 rings (SSSR count). The van der Waals surface area contributed by atoms with Crippen LogP contribution in [0.2, 0.25) is 0 Å². The Balaban J connectivity index is 1.43. The van der Waals surface area contributed by atoms with Crippen molar-refractivity contribution in [3.63, 3.8) is 0 Å². The number of ether oxygens (including phenoxy) is 2. The van der Waals surface area contributed by atoms with Gasteiger partial charge in [-0.05, 0) is 18.6 Å². The molecule has 0 bridgehead atoms. The van der Waals surface area contributed by atoms with Crippen LogP contribution < -0.4 is 9.47 Å². The molecule has 1 saturated heterocycles. The van der Waals surface area contributed by atoms with Crippen LogP contribution in [0.5, 0.6) is 11.5 Å². The monoisotopic (exact) mass is 300 g/mol. The first kappa shape index (κ1) is 13.1. The quantitative estimate of drug-likeness (QED) is 0.824. The molecule has 2 aromatic rings. The van der Waals surface area contributed by atoms with E-state index in [-0.39, 0.29) is 18.6 Å². The SMILES string of the molecule is O=C([C@H]1COc2ccccc2O1)N1CC[C@H](n2ccnn2)C1. The second-order valence-corrected chi connectivity index (χ2v) is 5.47. The zero-order valence-electron chi connectivity index (χ0n) is 12.0. The topological polar surface area (TPSA) is 69.5 Å². The number of fused-ring (bicyclic) bond motifs is 1. The summed E-state index contributed by atoms with van der Waals surface area (Å²) in [5.41, 5.74) is 0. The number of carbonyl (C=O) groups excluding carboxylic acids is 1. The lowest BCUT2D eigenvalue weighted by Crippen LogP contribution is -2.45. The molecule has 2 atom stereocenters. The van der Waals surface area contributed by atoms with Crippen LogP contribution in [0.4, 0.5) is 0 Å². The molecule has 2 aliphatic heterocycles. The summed E-state index contributed by atoms with van der Waals surface area (Å²) >= 11 is 0. The van der Waals surface area contributed by atoms with Crippen molar-refractivity contribution in [1.82, 2.24) is 19.9 Å². The minimum Gasteiger partial charge on any atom is -0.485 e. The van der Waals surface area contributed by atoms with Crippen molar-refractivity contribution in [2.75, 3.05) is 19.7 Å². The Bertz CT molecular complexity index is 673. The summed E-state index contributed by atoms with van der Waals surface area (Å²) in [6, 6.07) is 7.59. The van der Waals surface area contributed by atoms with Crippen LogP contribution in [0.1, 0.15) is 12.5 Å². The maximum atomic E-state index is 12.6. The van der Waals surface area contributed by atoms with Gasteiger partial charge in [0, 0.05) is 19.3 Å². The van der Waals surface area contributed by atoms with Crippen molar-refractivity contribution < 1.29 is 14.3 Å². The average molecular weight is 300 g/mol. The van der Waals surface area contributed by atoms with Gasteiger partial charge >= 0.3 is 0 Å². The van der Waals surface area contributed by atoms with E-state index < -0.39 is 6.10 Å². The Hall–Kier alpha value is -2.57. The van der Waals surface area contributed by atoms with Gasteiger partial charge in [0.05, 0.1) is 12.2 Å². The maximum absolute atomic E-state index is 12.6. The van der Waals surface area contributed by atoms with Gasteiger partial charge in [0.25, 0.3) is 5.91 Å². The van der Waals surface area contributed by atoms with E-state index in [2.05, 4.69) is 10.3 Å². The fraction of sp³-hybridized carbons (Fsp3) is 0.400. The molecule has 1 aromatic heterocycles. The van der Waals surface area contributed by atoms with Gasteiger partial charge in [-0.2, -0.15) is 0 Å². The van der Waals surface area contributed by atoms with Crippen LogP contribution in [0.25, 0.3) is 0 Å². The Morgan fingerprint density at radius 1 is 1.27 bits per heavy atom. The number of nitrogens with zero attached hydrogens (tertiary/aromatic N) is 4. The van der Waals surface area contributed by atoms with E-state index in [1.807, 2.05) is 35.4 Å². The summed E-state index contributed by atoms with van der Waals surface area (Å²) in [4.78, 5) is 14.4. The van der Waals surface area contributed by atoms with Gasteiger partial charge in [0.2, 0.25) is 6.10 Å². The van der Waals surface area contributed by atoms with E-state index in [1.54, 1.807) is 10.9 Å². The molecule has 1 amide bonds. The lowest BCUT2D eigenvalue weighted by molar-refractivity contribution is -0.140. The maximum Gasteiger partial charge on any atom is 0.267 e. The van der Waals surface area contributed by atoms with E-state index in [4.69, 9.17) is 9.47 Å². The van der Waals surface area contributed by atoms with Crippen molar-refractivity contribution in [1.29, 1.82) is 0 Å². The highest BCUT2D eigenvalue weighted by atomic mass is 16.6. The van der Waals surface area contributed by atoms with Crippen LogP contribution in [0, 0.1) is 0 Å². The van der Waals surface area contributed by atoms with Gasteiger partial charge in [-0.3, -0.25) is 4.79 Å².